The van der Waals surface area contributed by atoms with Crippen LogP contribution >= 0.6 is 11.3 Å². The van der Waals surface area contributed by atoms with Crippen LogP contribution in [0.3, 0.4) is 0 Å². The Labute approximate surface area is 126 Å². The summed E-state index contributed by atoms with van der Waals surface area (Å²) in [7, 11) is 0. The molecule has 1 nitrogen and oxygen atoms in total. The first-order chi connectivity index (χ1) is 9.40. The van der Waals surface area contributed by atoms with Crippen molar-refractivity contribution in [2.75, 3.05) is 0 Å². The Morgan fingerprint density at radius 3 is 2.45 bits per heavy atom. The maximum atomic E-state index is 10.6. The summed E-state index contributed by atoms with van der Waals surface area (Å²) in [6.07, 6.45) is 9.16. The zero-order chi connectivity index (χ0) is 14.0. The molecule has 1 N–H and O–H groups in total. The van der Waals surface area contributed by atoms with Gasteiger partial charge in [0.05, 0.1) is 6.10 Å². The lowest BCUT2D eigenvalue weighted by molar-refractivity contribution is -0.156. The van der Waals surface area contributed by atoms with Gasteiger partial charge < -0.3 is 5.11 Å². The van der Waals surface area contributed by atoms with Crippen LogP contribution in [0.2, 0.25) is 0 Å². The van der Waals surface area contributed by atoms with E-state index in [0.29, 0.717) is 16.2 Å². The van der Waals surface area contributed by atoms with E-state index in [-0.39, 0.29) is 6.10 Å². The van der Waals surface area contributed by atoms with E-state index >= 15 is 0 Å². The van der Waals surface area contributed by atoms with E-state index in [1.807, 2.05) is 0 Å². The van der Waals surface area contributed by atoms with Crippen LogP contribution in [0.4, 0.5) is 0 Å². The fraction of sp³-hybridized carbons (Fsp3) is 0.778. The fourth-order valence-corrected chi connectivity index (χ4v) is 7.62. The maximum Gasteiger partial charge on any atom is 0.0887 e. The molecule has 110 valence electrons. The quantitative estimate of drug-likeness (QED) is 0.814. The van der Waals surface area contributed by atoms with Gasteiger partial charge >= 0.3 is 0 Å². The van der Waals surface area contributed by atoms with Crippen LogP contribution in [0.15, 0.2) is 17.5 Å². The molecule has 0 saturated heterocycles. The number of aliphatic hydroxyl groups excluding tert-OH is 1. The second kappa shape index (κ2) is 4.10. The van der Waals surface area contributed by atoms with Crippen molar-refractivity contribution in [3.63, 3.8) is 0 Å². The summed E-state index contributed by atoms with van der Waals surface area (Å²) in [5.74, 6) is 0.928. The lowest BCUT2D eigenvalue weighted by atomic mass is 9.39. The van der Waals surface area contributed by atoms with Gasteiger partial charge in [-0.2, -0.15) is 0 Å². The van der Waals surface area contributed by atoms with Gasteiger partial charge in [0.2, 0.25) is 0 Å². The van der Waals surface area contributed by atoms with Gasteiger partial charge in [0, 0.05) is 4.88 Å². The van der Waals surface area contributed by atoms with E-state index in [0.717, 1.165) is 17.2 Å². The first-order valence-electron chi connectivity index (χ1n) is 8.11. The third-order valence-corrected chi connectivity index (χ3v) is 7.21. The number of aliphatic hydroxyl groups is 1. The van der Waals surface area contributed by atoms with Gasteiger partial charge in [0.25, 0.3) is 0 Å². The van der Waals surface area contributed by atoms with E-state index in [1.54, 1.807) is 11.3 Å². The van der Waals surface area contributed by atoms with E-state index in [1.165, 1.54) is 38.5 Å². The molecule has 1 aromatic rings. The van der Waals surface area contributed by atoms with Crippen LogP contribution in [-0.4, -0.2) is 5.11 Å². The van der Waals surface area contributed by atoms with Gasteiger partial charge in [0.15, 0.2) is 0 Å². The highest BCUT2D eigenvalue weighted by Crippen LogP contribution is 2.71. The molecule has 4 aliphatic rings. The van der Waals surface area contributed by atoms with Crippen molar-refractivity contribution in [3.8, 4) is 0 Å². The van der Waals surface area contributed by atoms with Crippen molar-refractivity contribution in [1.82, 2.24) is 0 Å². The Morgan fingerprint density at radius 1 is 1.20 bits per heavy atom. The molecule has 1 heterocycles. The Balaban J connectivity index is 1.61. The van der Waals surface area contributed by atoms with E-state index in [4.69, 9.17) is 0 Å². The van der Waals surface area contributed by atoms with Gasteiger partial charge in [-0.15, -0.1) is 11.3 Å². The molecule has 0 radical (unpaired) electrons. The molecule has 0 spiro atoms. The highest BCUT2D eigenvalue weighted by atomic mass is 32.1. The average Bonchev–Trinajstić information content (AvgIpc) is 2.75. The third kappa shape index (κ3) is 2.07. The second-order valence-electron chi connectivity index (χ2n) is 8.87. The Morgan fingerprint density at radius 2 is 1.90 bits per heavy atom. The third-order valence-electron chi connectivity index (χ3n) is 6.24. The Bertz CT molecular complexity index is 487. The monoisotopic (exact) mass is 290 g/mol. The van der Waals surface area contributed by atoms with Gasteiger partial charge in [0.1, 0.15) is 0 Å². The smallest absolute Gasteiger partial charge is 0.0887 e. The van der Waals surface area contributed by atoms with Crippen LogP contribution in [0, 0.1) is 22.2 Å². The summed E-state index contributed by atoms with van der Waals surface area (Å²) >= 11 is 1.71. The Hall–Kier alpha value is -0.340. The van der Waals surface area contributed by atoms with Crippen molar-refractivity contribution < 1.29 is 5.11 Å². The zero-order valence-corrected chi connectivity index (χ0v) is 13.5. The van der Waals surface area contributed by atoms with Gasteiger partial charge in [-0.3, -0.25) is 0 Å². The van der Waals surface area contributed by atoms with Crippen molar-refractivity contribution in [2.24, 2.45) is 22.2 Å². The topological polar surface area (TPSA) is 20.2 Å². The molecule has 3 atom stereocenters. The molecule has 20 heavy (non-hydrogen) atoms. The molecule has 5 rings (SSSR count). The van der Waals surface area contributed by atoms with Crippen molar-refractivity contribution in [2.45, 2.75) is 64.9 Å². The highest BCUT2D eigenvalue weighted by Gasteiger charge is 2.60. The number of hydrogen-bond acceptors (Lipinski definition) is 2. The molecule has 0 amide bonds. The van der Waals surface area contributed by atoms with Crippen LogP contribution in [0.1, 0.15) is 69.8 Å². The second-order valence-corrected chi connectivity index (χ2v) is 9.84. The minimum absolute atomic E-state index is 0.238. The molecule has 4 bridgehead atoms. The van der Waals surface area contributed by atoms with Crippen LogP contribution in [0.5, 0.6) is 0 Å². The highest BCUT2D eigenvalue weighted by molar-refractivity contribution is 7.10. The lowest BCUT2D eigenvalue weighted by Crippen LogP contribution is -2.55. The summed E-state index contributed by atoms with van der Waals surface area (Å²) in [6.45, 7) is 5.03. The maximum absolute atomic E-state index is 10.6. The number of hydrogen-bond donors (Lipinski definition) is 1. The molecule has 3 unspecified atom stereocenters. The average molecular weight is 290 g/mol. The summed E-state index contributed by atoms with van der Waals surface area (Å²) in [6, 6.07) is 4.16. The first-order valence-corrected chi connectivity index (χ1v) is 8.99. The molecule has 1 aromatic heterocycles. The van der Waals surface area contributed by atoms with Crippen molar-refractivity contribution >= 4 is 11.3 Å². The molecule has 4 fully saturated rings. The van der Waals surface area contributed by atoms with E-state index < -0.39 is 0 Å². The minimum Gasteiger partial charge on any atom is -0.388 e. The first kappa shape index (κ1) is 13.3. The van der Waals surface area contributed by atoms with Crippen LogP contribution in [-0.2, 0) is 0 Å². The molecular formula is C18H26OS. The van der Waals surface area contributed by atoms with Gasteiger partial charge in [-0.05, 0) is 78.6 Å². The minimum atomic E-state index is -0.238. The molecule has 0 aromatic carbocycles. The standard InChI is InChI=1S/C18H26OS/c1-16-6-13-7-17(2,10-16)12-18(8-13,11-16)9-14(19)15-4-3-5-20-15/h3-5,13-14,19H,6-12H2,1-2H3. The van der Waals surface area contributed by atoms with Gasteiger partial charge in [-0.1, -0.05) is 19.9 Å². The Kier molecular flexibility index (Phi) is 2.74. The number of thiophene rings is 1. The number of rotatable bonds is 3. The van der Waals surface area contributed by atoms with Crippen molar-refractivity contribution in [1.29, 1.82) is 0 Å². The summed E-state index contributed by atoms with van der Waals surface area (Å²) in [5.41, 5.74) is 1.54. The van der Waals surface area contributed by atoms with E-state index in [2.05, 4.69) is 31.4 Å². The zero-order valence-electron chi connectivity index (χ0n) is 12.7. The molecular weight excluding hydrogens is 264 g/mol. The normalized spacial score (nSPS) is 47.6. The molecule has 0 aliphatic heterocycles. The van der Waals surface area contributed by atoms with Crippen LogP contribution in [0.25, 0.3) is 0 Å². The largest absolute Gasteiger partial charge is 0.388 e. The fourth-order valence-electron chi connectivity index (χ4n) is 6.90. The molecule has 2 heteroatoms. The summed E-state index contributed by atoms with van der Waals surface area (Å²) in [4.78, 5) is 1.16. The summed E-state index contributed by atoms with van der Waals surface area (Å²) in [5, 5.41) is 12.7. The van der Waals surface area contributed by atoms with Crippen molar-refractivity contribution in [3.05, 3.63) is 22.4 Å². The van der Waals surface area contributed by atoms with Crippen LogP contribution < -0.4 is 0 Å². The van der Waals surface area contributed by atoms with E-state index in [9.17, 15) is 5.11 Å². The van der Waals surface area contributed by atoms with Gasteiger partial charge in [-0.25, -0.2) is 0 Å². The lowest BCUT2D eigenvalue weighted by Gasteiger charge is -2.66. The molecule has 4 saturated carbocycles. The SMILES string of the molecule is CC12CC3CC(C)(C1)CC(CC(O)c1cccs1)(C3)C2. The summed E-state index contributed by atoms with van der Waals surface area (Å²) < 4.78 is 0. The molecule has 4 aliphatic carbocycles. The predicted molar refractivity (Wildman–Crippen MR) is 83.7 cm³/mol. The predicted octanol–water partition coefficient (Wildman–Crippen LogP) is 5.17.